The number of nitrogens with zero attached hydrogens (tertiary/aromatic N) is 2. The second-order valence-corrected chi connectivity index (χ2v) is 8.20. The van der Waals surface area contributed by atoms with Crippen molar-refractivity contribution in [3.63, 3.8) is 0 Å². The molecule has 1 saturated heterocycles. The summed E-state index contributed by atoms with van der Waals surface area (Å²) in [6.45, 7) is 5.09. The number of carbonyl (C=O) groups excluding carboxylic acids is 2. The quantitative estimate of drug-likeness (QED) is 0.601. The van der Waals surface area contributed by atoms with Crippen LogP contribution in [-0.4, -0.2) is 49.5 Å². The normalized spacial score (nSPS) is 17.3. The Kier molecular flexibility index (Phi) is 7.28. The second kappa shape index (κ2) is 9.89. The van der Waals surface area contributed by atoms with Crippen LogP contribution in [0.2, 0.25) is 0 Å². The highest BCUT2D eigenvalue weighted by Crippen LogP contribution is 2.33. The standard InChI is InChI=1S/C21H30FN3O4/c1-14(2)11-17(21(27)29-13-22)23-19(26)16-7-8-18(25-9-3-4-10-25)20(24-16)28-12-15-5-6-15/h7-8,14-15,17H,3-6,9-13H2,1-2H3,(H,23,26)/t17-/m0/s1. The molecule has 1 aliphatic heterocycles. The molecule has 0 aromatic carbocycles. The highest BCUT2D eigenvalue weighted by atomic mass is 19.1. The van der Waals surface area contributed by atoms with Crippen LogP contribution in [0, 0.1) is 11.8 Å². The van der Waals surface area contributed by atoms with Crippen LogP contribution in [0.15, 0.2) is 12.1 Å². The van der Waals surface area contributed by atoms with Gasteiger partial charge in [0.2, 0.25) is 12.7 Å². The van der Waals surface area contributed by atoms with Gasteiger partial charge in [0.25, 0.3) is 5.91 Å². The Morgan fingerprint density at radius 2 is 2.00 bits per heavy atom. The summed E-state index contributed by atoms with van der Waals surface area (Å²) in [5.41, 5.74) is 1.07. The number of ether oxygens (including phenoxy) is 2. The van der Waals surface area contributed by atoms with Crippen molar-refractivity contribution in [2.75, 3.05) is 31.5 Å². The number of nitrogens with one attached hydrogen (secondary N) is 1. The lowest BCUT2D eigenvalue weighted by molar-refractivity contribution is -0.150. The van der Waals surface area contributed by atoms with Gasteiger partial charge in [-0.1, -0.05) is 13.8 Å². The van der Waals surface area contributed by atoms with Crippen molar-refractivity contribution in [2.45, 2.75) is 52.0 Å². The zero-order valence-corrected chi connectivity index (χ0v) is 17.2. The third-order valence-corrected chi connectivity index (χ3v) is 5.17. The van der Waals surface area contributed by atoms with Gasteiger partial charge >= 0.3 is 5.97 Å². The third-order valence-electron chi connectivity index (χ3n) is 5.17. The number of alkyl halides is 1. The van der Waals surface area contributed by atoms with Gasteiger partial charge in [-0.05, 0) is 56.1 Å². The second-order valence-electron chi connectivity index (χ2n) is 8.20. The largest absolute Gasteiger partial charge is 0.476 e. The molecule has 1 aromatic rings. The van der Waals surface area contributed by atoms with E-state index in [4.69, 9.17) is 4.74 Å². The van der Waals surface area contributed by atoms with Gasteiger partial charge in [-0.25, -0.2) is 14.2 Å². The zero-order valence-electron chi connectivity index (χ0n) is 17.2. The maximum absolute atomic E-state index is 12.7. The van der Waals surface area contributed by atoms with Gasteiger partial charge in [0.15, 0.2) is 0 Å². The summed E-state index contributed by atoms with van der Waals surface area (Å²) in [7, 11) is 0. The number of hydrogen-bond acceptors (Lipinski definition) is 6. The van der Waals surface area contributed by atoms with E-state index in [-0.39, 0.29) is 11.6 Å². The van der Waals surface area contributed by atoms with Crippen molar-refractivity contribution in [2.24, 2.45) is 11.8 Å². The molecule has 8 heteroatoms. The van der Waals surface area contributed by atoms with Crippen LogP contribution < -0.4 is 15.0 Å². The van der Waals surface area contributed by atoms with Gasteiger partial charge < -0.3 is 19.7 Å². The Balaban J connectivity index is 1.75. The van der Waals surface area contributed by atoms with Gasteiger partial charge in [0.1, 0.15) is 11.7 Å². The Morgan fingerprint density at radius 3 is 2.62 bits per heavy atom. The topological polar surface area (TPSA) is 80.8 Å². The molecule has 2 heterocycles. The van der Waals surface area contributed by atoms with Crippen molar-refractivity contribution in [1.29, 1.82) is 0 Å². The number of carbonyl (C=O) groups is 2. The predicted octanol–water partition coefficient (Wildman–Crippen LogP) is 3.09. The Bertz CT molecular complexity index is 718. The lowest BCUT2D eigenvalue weighted by Crippen LogP contribution is -2.43. The lowest BCUT2D eigenvalue weighted by atomic mass is 10.0. The molecule has 3 rings (SSSR count). The van der Waals surface area contributed by atoms with Crippen molar-refractivity contribution >= 4 is 17.6 Å². The van der Waals surface area contributed by atoms with Crippen LogP contribution in [0.25, 0.3) is 0 Å². The monoisotopic (exact) mass is 407 g/mol. The maximum Gasteiger partial charge on any atom is 0.330 e. The predicted molar refractivity (Wildman–Crippen MR) is 107 cm³/mol. The van der Waals surface area contributed by atoms with Crippen molar-refractivity contribution in [3.05, 3.63) is 17.8 Å². The minimum atomic E-state index is -1.22. The highest BCUT2D eigenvalue weighted by Gasteiger charge is 2.27. The van der Waals surface area contributed by atoms with Crippen LogP contribution in [0.5, 0.6) is 5.88 Å². The third kappa shape index (κ3) is 6.05. The van der Waals surface area contributed by atoms with Gasteiger partial charge in [0.05, 0.1) is 12.3 Å². The van der Waals surface area contributed by atoms with E-state index in [2.05, 4.69) is 19.9 Å². The van der Waals surface area contributed by atoms with E-state index in [1.807, 2.05) is 19.9 Å². The molecular formula is C21H30FN3O4. The number of rotatable bonds is 10. The molecule has 1 amide bonds. The maximum atomic E-state index is 12.7. The summed E-state index contributed by atoms with van der Waals surface area (Å²) in [6, 6.07) is 2.57. The lowest BCUT2D eigenvalue weighted by Gasteiger charge is -2.22. The summed E-state index contributed by atoms with van der Waals surface area (Å²) in [4.78, 5) is 31.4. The van der Waals surface area contributed by atoms with Crippen molar-refractivity contribution in [3.8, 4) is 5.88 Å². The molecule has 1 atom stereocenters. The molecule has 1 aliphatic carbocycles. The van der Waals surface area contributed by atoms with E-state index >= 15 is 0 Å². The van der Waals surface area contributed by atoms with Crippen LogP contribution in [-0.2, 0) is 9.53 Å². The molecule has 2 fully saturated rings. The van der Waals surface area contributed by atoms with E-state index < -0.39 is 24.8 Å². The number of hydrogen-bond donors (Lipinski definition) is 1. The first-order chi connectivity index (χ1) is 14.0. The van der Waals surface area contributed by atoms with Gasteiger partial charge in [-0.2, -0.15) is 0 Å². The number of pyridine rings is 1. The number of aromatic nitrogens is 1. The SMILES string of the molecule is CC(C)C[C@H](NC(=O)c1ccc(N2CCCC2)c(OCC2CC2)n1)C(=O)OCF. The average molecular weight is 407 g/mol. The van der Waals surface area contributed by atoms with Crippen LogP contribution in [0.4, 0.5) is 10.1 Å². The van der Waals surface area contributed by atoms with Crippen molar-refractivity contribution < 1.29 is 23.5 Å². The molecule has 29 heavy (non-hydrogen) atoms. The van der Waals surface area contributed by atoms with E-state index in [1.165, 1.54) is 0 Å². The molecule has 0 bridgehead atoms. The van der Waals surface area contributed by atoms with Crippen molar-refractivity contribution in [1.82, 2.24) is 10.3 Å². The molecule has 0 unspecified atom stereocenters. The molecule has 0 spiro atoms. The first-order valence-corrected chi connectivity index (χ1v) is 10.4. The molecule has 2 aliphatic rings. The van der Waals surface area contributed by atoms with Gasteiger partial charge in [-0.3, -0.25) is 4.79 Å². The summed E-state index contributed by atoms with van der Waals surface area (Å²) in [5, 5.41) is 2.63. The Hall–Kier alpha value is -2.38. The minimum absolute atomic E-state index is 0.121. The minimum Gasteiger partial charge on any atom is -0.476 e. The zero-order chi connectivity index (χ0) is 20.8. The fourth-order valence-corrected chi connectivity index (χ4v) is 3.42. The first kappa shape index (κ1) is 21.3. The highest BCUT2D eigenvalue weighted by molar-refractivity contribution is 5.95. The first-order valence-electron chi connectivity index (χ1n) is 10.4. The van der Waals surface area contributed by atoms with E-state index in [9.17, 15) is 14.0 Å². The van der Waals surface area contributed by atoms with Gasteiger partial charge in [0, 0.05) is 13.1 Å². The fraction of sp³-hybridized carbons (Fsp3) is 0.667. The van der Waals surface area contributed by atoms with E-state index in [0.29, 0.717) is 24.8 Å². The molecule has 160 valence electrons. The Morgan fingerprint density at radius 1 is 1.28 bits per heavy atom. The van der Waals surface area contributed by atoms with Crippen LogP contribution >= 0.6 is 0 Å². The number of amides is 1. The molecule has 0 radical (unpaired) electrons. The fourth-order valence-electron chi connectivity index (χ4n) is 3.42. The van der Waals surface area contributed by atoms with E-state index in [0.717, 1.165) is 44.5 Å². The average Bonchev–Trinajstić information content (AvgIpc) is 3.36. The molecular weight excluding hydrogens is 377 g/mol. The number of esters is 1. The van der Waals surface area contributed by atoms with Crippen LogP contribution in [0.3, 0.4) is 0 Å². The summed E-state index contributed by atoms with van der Waals surface area (Å²) >= 11 is 0. The molecule has 1 N–H and O–H groups in total. The Labute approximate surface area is 171 Å². The summed E-state index contributed by atoms with van der Waals surface area (Å²) in [5.74, 6) is -0.149. The number of halogens is 1. The van der Waals surface area contributed by atoms with E-state index in [1.54, 1.807) is 6.07 Å². The summed E-state index contributed by atoms with van der Waals surface area (Å²) < 4.78 is 22.8. The number of anilines is 1. The summed E-state index contributed by atoms with van der Waals surface area (Å²) in [6.07, 6.45) is 4.91. The van der Waals surface area contributed by atoms with Crippen LogP contribution in [0.1, 0.15) is 56.4 Å². The van der Waals surface area contributed by atoms with Gasteiger partial charge in [-0.15, -0.1) is 0 Å². The smallest absolute Gasteiger partial charge is 0.330 e. The molecule has 1 aromatic heterocycles. The molecule has 1 saturated carbocycles. The molecule has 7 nitrogen and oxygen atoms in total.